The molecule has 1 aliphatic rings. The van der Waals surface area contributed by atoms with Crippen LogP contribution in [-0.2, 0) is 22.3 Å². The van der Waals surface area contributed by atoms with E-state index in [4.69, 9.17) is 11.6 Å². The van der Waals surface area contributed by atoms with Crippen molar-refractivity contribution in [2.75, 3.05) is 5.75 Å². The van der Waals surface area contributed by atoms with Gasteiger partial charge in [-0.05, 0) is 37.5 Å². The second-order valence-corrected chi connectivity index (χ2v) is 8.06. The van der Waals surface area contributed by atoms with Gasteiger partial charge in [-0.15, -0.1) is 11.6 Å². The number of imidazole rings is 1. The lowest BCUT2D eigenvalue weighted by atomic mass is 10.2. The maximum absolute atomic E-state index is 12.0. The molecular weight excluding hydrogens is 296 g/mol. The average Bonchev–Trinajstić information content (AvgIpc) is 2.90. The molecule has 1 fully saturated rings. The summed E-state index contributed by atoms with van der Waals surface area (Å²) in [5.41, 5.74) is 2.99. The number of alkyl halides is 1. The molecule has 108 valence electrons. The third kappa shape index (κ3) is 2.33. The van der Waals surface area contributed by atoms with Gasteiger partial charge in [0, 0.05) is 6.54 Å². The molecule has 1 aliphatic heterocycles. The van der Waals surface area contributed by atoms with Gasteiger partial charge in [-0.25, -0.2) is 13.4 Å². The molecular formula is C14H17ClN2O2S. The van der Waals surface area contributed by atoms with Crippen molar-refractivity contribution < 1.29 is 8.42 Å². The number of rotatable bonds is 3. The minimum absolute atomic E-state index is 0.292. The maximum Gasteiger partial charge on any atom is 0.154 e. The fraction of sp³-hybridized carbons (Fsp3) is 0.500. The van der Waals surface area contributed by atoms with Crippen LogP contribution in [0.4, 0.5) is 0 Å². The number of benzene rings is 1. The van der Waals surface area contributed by atoms with Crippen molar-refractivity contribution in [3.63, 3.8) is 0 Å². The first kappa shape index (κ1) is 13.9. The van der Waals surface area contributed by atoms with Crippen molar-refractivity contribution in [2.45, 2.75) is 37.4 Å². The van der Waals surface area contributed by atoms with E-state index in [2.05, 4.69) is 4.98 Å². The summed E-state index contributed by atoms with van der Waals surface area (Å²) in [6.45, 7) is 2.48. The van der Waals surface area contributed by atoms with Gasteiger partial charge in [0.2, 0.25) is 0 Å². The van der Waals surface area contributed by atoms with E-state index in [1.807, 2.05) is 29.7 Å². The monoisotopic (exact) mass is 312 g/mol. The van der Waals surface area contributed by atoms with Crippen molar-refractivity contribution in [1.82, 2.24) is 9.55 Å². The molecule has 2 heterocycles. The van der Waals surface area contributed by atoms with Gasteiger partial charge in [0.05, 0.1) is 27.9 Å². The summed E-state index contributed by atoms with van der Waals surface area (Å²) in [6, 6.07) is 6.02. The zero-order chi connectivity index (χ0) is 14.3. The molecule has 1 unspecified atom stereocenters. The zero-order valence-electron chi connectivity index (χ0n) is 11.3. The molecule has 3 rings (SSSR count). The summed E-state index contributed by atoms with van der Waals surface area (Å²) in [6.07, 6.45) is 1.49. The standard InChI is InChI=1S/C14H17ClN2O2S/c1-10-4-5-13-12(7-10)16-14(8-15)17(13)9-11-3-2-6-20(11,18)19/h4-5,7,11H,2-3,6,8-9H2,1H3. The van der Waals surface area contributed by atoms with E-state index in [0.29, 0.717) is 18.2 Å². The normalized spacial score (nSPS) is 21.6. The molecule has 0 N–H and O–H groups in total. The largest absolute Gasteiger partial charge is 0.326 e. The molecule has 2 aromatic rings. The highest BCUT2D eigenvalue weighted by Crippen LogP contribution is 2.25. The lowest BCUT2D eigenvalue weighted by molar-refractivity contribution is 0.565. The van der Waals surface area contributed by atoms with Crippen LogP contribution in [0.2, 0.25) is 0 Å². The van der Waals surface area contributed by atoms with Gasteiger partial charge in [0.25, 0.3) is 0 Å². The maximum atomic E-state index is 12.0. The van der Waals surface area contributed by atoms with E-state index in [-0.39, 0.29) is 5.25 Å². The number of sulfone groups is 1. The summed E-state index contributed by atoms with van der Waals surface area (Å²) in [5.74, 6) is 1.34. The molecule has 0 spiro atoms. The van der Waals surface area contributed by atoms with Crippen molar-refractivity contribution in [2.24, 2.45) is 0 Å². The lowest BCUT2D eigenvalue weighted by Gasteiger charge is -2.13. The summed E-state index contributed by atoms with van der Waals surface area (Å²) in [5, 5.41) is -0.303. The third-order valence-corrected chi connectivity index (χ3v) is 6.45. The fourth-order valence-electron chi connectivity index (χ4n) is 2.86. The van der Waals surface area contributed by atoms with Crippen LogP contribution in [0, 0.1) is 6.92 Å². The van der Waals surface area contributed by atoms with Crippen LogP contribution < -0.4 is 0 Å². The Morgan fingerprint density at radius 2 is 2.25 bits per heavy atom. The highest BCUT2D eigenvalue weighted by Gasteiger charge is 2.32. The highest BCUT2D eigenvalue weighted by molar-refractivity contribution is 7.92. The van der Waals surface area contributed by atoms with E-state index >= 15 is 0 Å². The number of halogens is 1. The number of nitrogens with zero attached hydrogens (tertiary/aromatic N) is 2. The van der Waals surface area contributed by atoms with E-state index in [9.17, 15) is 8.42 Å². The van der Waals surface area contributed by atoms with Crippen molar-refractivity contribution in [1.29, 1.82) is 0 Å². The van der Waals surface area contributed by atoms with Gasteiger partial charge in [0.1, 0.15) is 5.82 Å². The third-order valence-electron chi connectivity index (χ3n) is 3.95. The SMILES string of the molecule is Cc1ccc2c(c1)nc(CCl)n2CC1CCCS1(=O)=O. The minimum atomic E-state index is -2.96. The van der Waals surface area contributed by atoms with Gasteiger partial charge in [-0.2, -0.15) is 0 Å². The first-order valence-electron chi connectivity index (χ1n) is 6.74. The van der Waals surface area contributed by atoms with Gasteiger partial charge in [-0.3, -0.25) is 0 Å². The molecule has 1 aromatic heterocycles. The van der Waals surface area contributed by atoms with Crippen molar-refractivity contribution in [3.8, 4) is 0 Å². The van der Waals surface area contributed by atoms with Crippen LogP contribution in [-0.4, -0.2) is 29.0 Å². The molecule has 6 heteroatoms. The van der Waals surface area contributed by atoms with Crippen molar-refractivity contribution in [3.05, 3.63) is 29.6 Å². The van der Waals surface area contributed by atoms with Crippen LogP contribution in [0.1, 0.15) is 24.2 Å². The predicted molar refractivity (Wildman–Crippen MR) is 80.8 cm³/mol. The van der Waals surface area contributed by atoms with E-state index in [1.54, 1.807) is 0 Å². The molecule has 0 aliphatic carbocycles. The van der Waals surface area contributed by atoms with Gasteiger partial charge in [0.15, 0.2) is 9.84 Å². The number of hydrogen-bond acceptors (Lipinski definition) is 3. The highest BCUT2D eigenvalue weighted by atomic mass is 35.5. The molecule has 1 aromatic carbocycles. The molecule has 0 saturated carbocycles. The number of hydrogen-bond donors (Lipinski definition) is 0. The Balaban J connectivity index is 2.06. The Labute approximate surface area is 123 Å². The summed E-state index contributed by atoms with van der Waals surface area (Å²) in [4.78, 5) is 4.52. The average molecular weight is 313 g/mol. The van der Waals surface area contributed by atoms with Crippen LogP contribution in [0.5, 0.6) is 0 Å². The summed E-state index contributed by atoms with van der Waals surface area (Å²) >= 11 is 5.97. The first-order valence-corrected chi connectivity index (χ1v) is 8.99. The molecule has 1 saturated heterocycles. The van der Waals surface area contributed by atoms with Crippen LogP contribution in [0.15, 0.2) is 18.2 Å². The minimum Gasteiger partial charge on any atom is -0.326 e. The topological polar surface area (TPSA) is 52.0 Å². The second kappa shape index (κ2) is 5.04. The van der Waals surface area contributed by atoms with E-state index in [1.165, 1.54) is 0 Å². The van der Waals surface area contributed by atoms with Gasteiger partial charge < -0.3 is 4.57 Å². The Kier molecular flexibility index (Phi) is 3.50. The van der Waals surface area contributed by atoms with Crippen LogP contribution in [0.3, 0.4) is 0 Å². The smallest absolute Gasteiger partial charge is 0.154 e. The first-order chi connectivity index (χ1) is 9.51. The molecule has 20 heavy (non-hydrogen) atoms. The van der Waals surface area contributed by atoms with Crippen LogP contribution in [0.25, 0.3) is 11.0 Å². The van der Waals surface area contributed by atoms with E-state index in [0.717, 1.165) is 35.3 Å². The number of fused-ring (bicyclic) bond motifs is 1. The Morgan fingerprint density at radius 3 is 2.90 bits per heavy atom. The van der Waals surface area contributed by atoms with E-state index < -0.39 is 9.84 Å². The summed E-state index contributed by atoms with van der Waals surface area (Å²) in [7, 11) is -2.96. The van der Waals surface area contributed by atoms with Gasteiger partial charge >= 0.3 is 0 Å². The Hall–Kier alpha value is -1.07. The predicted octanol–water partition coefficient (Wildman–Crippen LogP) is 2.66. The summed E-state index contributed by atoms with van der Waals surface area (Å²) < 4.78 is 26.0. The number of aromatic nitrogens is 2. The Morgan fingerprint density at radius 1 is 1.45 bits per heavy atom. The Bertz CT molecular complexity index is 752. The second-order valence-electron chi connectivity index (χ2n) is 5.40. The van der Waals surface area contributed by atoms with Crippen LogP contribution >= 0.6 is 11.6 Å². The van der Waals surface area contributed by atoms with Gasteiger partial charge in [-0.1, -0.05) is 6.07 Å². The van der Waals surface area contributed by atoms with Crippen molar-refractivity contribution >= 4 is 32.5 Å². The molecule has 1 atom stereocenters. The lowest BCUT2D eigenvalue weighted by Crippen LogP contribution is -2.23. The molecule has 0 radical (unpaired) electrons. The molecule has 4 nitrogen and oxygen atoms in total. The quantitative estimate of drug-likeness (QED) is 0.819. The fourth-order valence-corrected chi connectivity index (χ4v) is 4.87. The zero-order valence-corrected chi connectivity index (χ0v) is 12.9. The molecule has 0 bridgehead atoms. The molecule has 0 amide bonds. The number of aryl methyl sites for hydroxylation is 1.